The summed E-state index contributed by atoms with van der Waals surface area (Å²) < 4.78 is 91.2. The van der Waals surface area contributed by atoms with Crippen LogP contribution < -0.4 is 21.5 Å². The topological polar surface area (TPSA) is 76.4 Å². The fraction of sp³-hybridized carbons (Fsp3) is 0.0857. The second-order valence-corrected chi connectivity index (χ2v) is 13.1. The zero-order valence-electron chi connectivity index (χ0n) is 24.5. The molecule has 0 aliphatic rings. The maximum Gasteiger partial charge on any atom is 0.455 e. The average molecular weight is 820 g/mol. The second-order valence-electron chi connectivity index (χ2n) is 10.4. The van der Waals surface area contributed by atoms with Crippen molar-refractivity contribution in [3.63, 3.8) is 0 Å². The van der Waals surface area contributed by atoms with Crippen LogP contribution in [-0.2, 0) is 11.1 Å². The Bertz CT molecular complexity index is 2070. The Hall–Kier alpha value is -3.57. The van der Waals surface area contributed by atoms with Gasteiger partial charge in [0, 0.05) is 76.1 Å². The van der Waals surface area contributed by atoms with E-state index in [1.54, 1.807) is 6.07 Å². The summed E-state index contributed by atoms with van der Waals surface area (Å²) in [5.41, 5.74) is -4.02. The number of aromatic nitrogens is 1. The molecule has 1 radical (unpaired) electrons. The van der Waals surface area contributed by atoms with Crippen molar-refractivity contribution in [2.24, 2.45) is 0 Å². The zero-order valence-corrected chi connectivity index (χ0v) is 27.9. The number of Topliss-reactive ketones (excluding diaryl/α,β-unsaturated/α-hetero) is 1. The van der Waals surface area contributed by atoms with Crippen LogP contribution in [0.3, 0.4) is 0 Å². The normalized spacial score (nSPS) is 11.8. The molecule has 0 spiro atoms. The van der Waals surface area contributed by atoms with Crippen LogP contribution in [0.25, 0.3) is 21.7 Å². The first kappa shape index (κ1) is 37.3. The summed E-state index contributed by atoms with van der Waals surface area (Å²) in [6, 6.07) is 37.5. The maximum absolute atomic E-state index is 13.8. The Kier molecular flexibility index (Phi) is 11.6. The first-order valence-corrected chi connectivity index (χ1v) is 15.7. The number of benzene rings is 5. The van der Waals surface area contributed by atoms with Crippen molar-refractivity contribution in [3.05, 3.63) is 143 Å². The van der Waals surface area contributed by atoms with Crippen LogP contribution in [0.1, 0.15) is 10.4 Å². The molecule has 0 saturated carbocycles. The van der Waals surface area contributed by atoms with Crippen LogP contribution in [0.4, 0.5) is 26.3 Å². The van der Waals surface area contributed by atoms with Crippen LogP contribution in [0.5, 0.6) is 5.75 Å². The number of rotatable bonds is 5. The van der Waals surface area contributed by atoms with Crippen LogP contribution in [0, 0.1) is 49.4 Å². The number of aromatic hydroxyl groups is 1. The first-order valence-electron chi connectivity index (χ1n) is 14.0. The zero-order chi connectivity index (χ0) is 34.0. The number of carbonyl (C=O) groups excluding carboxylic acids is 1. The summed E-state index contributed by atoms with van der Waals surface area (Å²) in [4.78, 5) is 23.9. The Morgan fingerprint density at radius 3 is 1.52 bits per heavy atom. The number of alkyl halides is 6. The smallest absolute Gasteiger partial charge is 0.455 e. The third-order valence-corrected chi connectivity index (χ3v) is 10.4. The number of carbonyl (C=O) groups is 1. The van der Waals surface area contributed by atoms with E-state index in [4.69, 9.17) is 0 Å². The Morgan fingerprint density at radius 1 is 0.646 bits per heavy atom. The van der Waals surface area contributed by atoms with Crippen molar-refractivity contribution >= 4 is 50.5 Å². The molecule has 5 nitrogen and oxygen atoms in total. The number of hydrogen-bond donors (Lipinski definition) is 1. The summed E-state index contributed by atoms with van der Waals surface area (Å²) >= 11 is 0. The Morgan fingerprint density at radius 2 is 1.08 bits per heavy atom. The fourth-order valence-electron chi connectivity index (χ4n) is 5.25. The minimum atomic E-state index is -5.54. The molecule has 0 aliphatic carbocycles. The molecule has 0 aliphatic heterocycles. The first-order chi connectivity index (χ1) is 22.2. The number of nitrogens with zero attached hydrogens (tertiary/aromatic N) is 1. The summed E-state index contributed by atoms with van der Waals surface area (Å²) in [5.74, 6) is -4.02. The van der Waals surface area contributed by atoms with Crippen molar-refractivity contribution in [1.29, 1.82) is 0 Å². The molecule has 247 valence electrons. The van der Waals surface area contributed by atoms with Gasteiger partial charge >= 0.3 is 12.4 Å². The predicted molar refractivity (Wildman–Crippen MR) is 170 cm³/mol. The number of fused-ring (bicyclic) bond motifs is 3. The monoisotopic (exact) mass is 820 g/mol. The molecule has 13 heteroatoms. The SMILES string of the molecule is O=C(c1c(O)c2ccc3ccccc3c2n(CC(F)(F)F)c1=O)C(F)(F)F.O=P(c1ccccc1)(c1ccccc1)c1ccccc1.[Eu]. The predicted octanol–water partition coefficient (Wildman–Crippen LogP) is 7.49. The van der Waals surface area contributed by atoms with E-state index in [0.29, 0.717) is 5.39 Å². The largest absolute Gasteiger partial charge is 0.506 e. The van der Waals surface area contributed by atoms with Gasteiger partial charge in [0.2, 0.25) is 0 Å². The average Bonchev–Trinajstić information content (AvgIpc) is 3.06. The molecule has 0 bridgehead atoms. The van der Waals surface area contributed by atoms with Crippen molar-refractivity contribution in [2.75, 3.05) is 0 Å². The number of pyridine rings is 1. The molecule has 6 aromatic rings. The van der Waals surface area contributed by atoms with E-state index in [9.17, 15) is 45.6 Å². The van der Waals surface area contributed by atoms with Crippen LogP contribution in [0.2, 0.25) is 0 Å². The van der Waals surface area contributed by atoms with Gasteiger partial charge in [0.25, 0.3) is 11.3 Å². The summed E-state index contributed by atoms with van der Waals surface area (Å²) in [5, 5.41) is 12.8. The molecule has 0 amide bonds. The number of hydrogen-bond acceptors (Lipinski definition) is 4. The van der Waals surface area contributed by atoms with Gasteiger partial charge in [-0.15, -0.1) is 0 Å². The summed E-state index contributed by atoms with van der Waals surface area (Å²) in [6.07, 6.45) is -10.5. The molecule has 0 fully saturated rings. The number of halogens is 6. The summed E-state index contributed by atoms with van der Waals surface area (Å²) in [7, 11) is -2.78. The van der Waals surface area contributed by atoms with Crippen LogP contribution >= 0.6 is 7.14 Å². The standard InChI is InChI=1S/C18H15OP.C17H9F6NO3.Eu/c19-20(16-10-4-1-5-11-16,17-12-6-2-7-13-17)18-14-8-3-9-15-18;18-16(19,20)7-24-12-9-4-2-1-3-8(9)5-6-10(12)13(25)11(15(24)27)14(26)17(21,22)23;/h1-15H;1-6,25H,7H2;. The molecule has 48 heavy (non-hydrogen) atoms. The molecule has 6 rings (SSSR count). The van der Waals surface area contributed by atoms with Crippen molar-refractivity contribution < 1.29 is 90.2 Å². The Balaban J connectivity index is 0.000000221. The molecule has 0 atom stereocenters. The van der Waals surface area contributed by atoms with Gasteiger partial charge in [0.15, 0.2) is 7.14 Å². The van der Waals surface area contributed by atoms with Gasteiger partial charge in [-0.05, 0) is 11.5 Å². The molecule has 1 aromatic heterocycles. The minimum Gasteiger partial charge on any atom is -0.506 e. The van der Waals surface area contributed by atoms with E-state index < -0.39 is 59.6 Å². The van der Waals surface area contributed by atoms with Crippen molar-refractivity contribution in [3.8, 4) is 5.75 Å². The van der Waals surface area contributed by atoms with Gasteiger partial charge in [0.05, 0.1) is 5.52 Å². The Labute approximate surface area is 310 Å². The maximum atomic E-state index is 13.8. The van der Waals surface area contributed by atoms with Gasteiger partial charge in [0.1, 0.15) is 17.9 Å². The third-order valence-electron chi connectivity index (χ3n) is 7.30. The third kappa shape index (κ3) is 7.67. The van der Waals surface area contributed by atoms with E-state index in [1.807, 2.05) is 91.0 Å². The molecule has 0 saturated heterocycles. The van der Waals surface area contributed by atoms with Gasteiger partial charge < -0.3 is 9.67 Å². The van der Waals surface area contributed by atoms with Crippen molar-refractivity contribution in [1.82, 2.24) is 4.57 Å². The minimum absolute atomic E-state index is 0. The van der Waals surface area contributed by atoms with Gasteiger partial charge in [-0.25, -0.2) is 0 Å². The second kappa shape index (κ2) is 14.9. The van der Waals surface area contributed by atoms with E-state index in [0.717, 1.165) is 22.0 Å². The summed E-state index contributed by atoms with van der Waals surface area (Å²) in [6.45, 7) is -1.92. The van der Waals surface area contributed by atoms with E-state index in [1.165, 1.54) is 24.3 Å². The van der Waals surface area contributed by atoms with Crippen LogP contribution in [-0.4, -0.2) is 27.8 Å². The van der Waals surface area contributed by atoms with E-state index in [2.05, 4.69) is 0 Å². The quantitative estimate of drug-likeness (QED) is 0.0848. The number of ketones is 1. The molecule has 1 N–H and O–H groups in total. The molecular weight excluding hydrogens is 795 g/mol. The molecular formula is C35H24EuF6NO4P. The van der Waals surface area contributed by atoms with Crippen LogP contribution in [0.15, 0.2) is 132 Å². The van der Waals surface area contributed by atoms with Gasteiger partial charge in [-0.1, -0.05) is 121 Å². The molecule has 1 heterocycles. The van der Waals surface area contributed by atoms with Crippen molar-refractivity contribution in [2.45, 2.75) is 18.9 Å². The van der Waals surface area contributed by atoms with Gasteiger partial charge in [-0.2, -0.15) is 26.3 Å². The van der Waals surface area contributed by atoms with Gasteiger partial charge in [-0.3, -0.25) is 14.2 Å². The fourth-order valence-corrected chi connectivity index (χ4v) is 7.92. The molecule has 5 aromatic carbocycles. The van der Waals surface area contributed by atoms with E-state index in [-0.39, 0.29) is 59.3 Å². The molecule has 0 unspecified atom stereocenters. The van der Waals surface area contributed by atoms with E-state index >= 15 is 0 Å².